The fraction of sp³-hybridized carbons (Fsp3) is 0.429. The maximum Gasteiger partial charge on any atom is 0.407 e. The Morgan fingerprint density at radius 3 is 1.38 bits per heavy atom. The first kappa shape index (κ1) is 39.8. The molecule has 56 heavy (non-hydrogen) atoms. The number of amides is 4. The lowest BCUT2D eigenvalue weighted by Gasteiger charge is -2.30. The molecule has 4 N–H and O–H groups in total. The van der Waals surface area contributed by atoms with E-state index in [1.807, 2.05) is 52.0 Å². The third kappa shape index (κ3) is 8.96. The molecule has 14 heteroatoms. The van der Waals surface area contributed by atoms with E-state index in [1.54, 1.807) is 22.2 Å². The molecule has 4 atom stereocenters. The Bertz CT molecular complexity index is 1870. The maximum absolute atomic E-state index is 13.5. The van der Waals surface area contributed by atoms with Crippen LogP contribution in [0.25, 0.3) is 34.7 Å². The van der Waals surface area contributed by atoms with Gasteiger partial charge in [-0.15, -0.1) is 0 Å². The van der Waals surface area contributed by atoms with Crippen LogP contribution in [0.1, 0.15) is 88.2 Å². The minimum atomic E-state index is -0.683. The molecule has 2 aliphatic heterocycles. The van der Waals surface area contributed by atoms with Crippen LogP contribution in [0.15, 0.2) is 60.9 Å². The van der Waals surface area contributed by atoms with Gasteiger partial charge >= 0.3 is 12.2 Å². The zero-order valence-corrected chi connectivity index (χ0v) is 32.9. The molecule has 2 aliphatic rings. The number of rotatable bonds is 12. The number of H-pyrrole nitrogens is 2. The van der Waals surface area contributed by atoms with E-state index < -0.39 is 24.3 Å². The van der Waals surface area contributed by atoms with Crippen molar-refractivity contribution in [1.82, 2.24) is 40.4 Å². The van der Waals surface area contributed by atoms with Gasteiger partial charge in [-0.1, -0.05) is 88.4 Å². The molecule has 0 bridgehead atoms. The SMILES string of the molecule is COC(=O)N[C@H](C(=O)N1CCC[C@H]1c1ncc(-c2ccc(C=Cc3ccc(-c4cnc([C@@H]5CCCN5C(=O)[C@@H](NC(=O)OC)C(C)C)[nH]4)cc3)cc2)[nH]1)C(C)C. The normalized spacial score (nSPS) is 18.1. The van der Waals surface area contributed by atoms with Gasteiger partial charge in [-0.3, -0.25) is 9.59 Å². The number of methoxy groups -OCH3 is 2. The van der Waals surface area contributed by atoms with Crippen LogP contribution in [-0.4, -0.2) is 93.1 Å². The summed E-state index contributed by atoms with van der Waals surface area (Å²) in [6.45, 7) is 8.80. The number of likely N-dealkylation sites (tertiary alicyclic amines) is 2. The summed E-state index contributed by atoms with van der Waals surface area (Å²) in [5.41, 5.74) is 5.77. The van der Waals surface area contributed by atoms with Gasteiger partial charge in [-0.05, 0) is 59.8 Å². The van der Waals surface area contributed by atoms with Crippen molar-refractivity contribution in [2.75, 3.05) is 27.3 Å². The molecule has 14 nitrogen and oxygen atoms in total. The van der Waals surface area contributed by atoms with Gasteiger partial charge in [-0.2, -0.15) is 0 Å². The largest absolute Gasteiger partial charge is 0.453 e. The van der Waals surface area contributed by atoms with E-state index in [4.69, 9.17) is 9.47 Å². The monoisotopic (exact) mass is 764 g/mol. The second kappa shape index (κ2) is 17.7. The number of aromatic amines is 2. The van der Waals surface area contributed by atoms with E-state index in [0.717, 1.165) is 71.0 Å². The molecule has 0 unspecified atom stereocenters. The number of ether oxygens (including phenoxy) is 2. The van der Waals surface area contributed by atoms with Gasteiger partial charge in [0.05, 0.1) is 50.1 Å². The second-order valence-corrected chi connectivity index (χ2v) is 15.0. The van der Waals surface area contributed by atoms with Gasteiger partial charge in [0, 0.05) is 13.1 Å². The fourth-order valence-corrected chi connectivity index (χ4v) is 7.43. The molecule has 2 fully saturated rings. The summed E-state index contributed by atoms with van der Waals surface area (Å²) in [7, 11) is 2.58. The molecule has 2 aromatic carbocycles. The average Bonchev–Trinajstić information content (AvgIpc) is 4.04. The Balaban J connectivity index is 1.06. The standard InChI is InChI=1S/C42H52N8O6/c1-25(2)35(47-41(53)55-5)39(51)49-21-7-9-33(49)37-43-23-31(45-37)29-17-13-27(14-18-29)11-12-28-15-19-30(20-16-28)32-24-44-38(46-32)34-10-8-22-50(34)40(52)36(26(3)4)48-42(54)56-6/h11-20,23-26,33-36H,7-10,21-22H2,1-6H3,(H,43,45)(H,44,46)(H,47,53)(H,48,54)/t33-,34-,35-,36-/m0/s1. The van der Waals surface area contributed by atoms with Crippen LogP contribution < -0.4 is 10.6 Å². The number of alkyl carbamates (subject to hydrolysis) is 2. The zero-order chi connectivity index (χ0) is 39.9. The smallest absolute Gasteiger partial charge is 0.407 e. The first-order valence-corrected chi connectivity index (χ1v) is 19.3. The van der Waals surface area contributed by atoms with Crippen LogP contribution in [0.4, 0.5) is 9.59 Å². The number of imidazole rings is 2. The van der Waals surface area contributed by atoms with Crippen molar-refractivity contribution >= 4 is 36.2 Å². The van der Waals surface area contributed by atoms with Gasteiger partial charge in [-0.25, -0.2) is 19.6 Å². The van der Waals surface area contributed by atoms with Crippen LogP contribution in [0.2, 0.25) is 0 Å². The highest BCUT2D eigenvalue weighted by molar-refractivity contribution is 5.87. The Labute approximate surface area is 327 Å². The topological polar surface area (TPSA) is 175 Å². The number of benzene rings is 2. The number of carbonyl (C=O) groups excluding carboxylic acids is 4. The van der Waals surface area contributed by atoms with Crippen molar-refractivity contribution in [3.05, 3.63) is 83.7 Å². The molecule has 296 valence electrons. The number of hydrogen-bond donors (Lipinski definition) is 4. The van der Waals surface area contributed by atoms with E-state index in [1.165, 1.54) is 14.2 Å². The first-order valence-electron chi connectivity index (χ1n) is 19.3. The Morgan fingerprint density at radius 2 is 1.04 bits per heavy atom. The Kier molecular flexibility index (Phi) is 12.6. The van der Waals surface area contributed by atoms with E-state index in [9.17, 15) is 19.2 Å². The summed E-state index contributed by atoms with van der Waals surface area (Å²) in [6, 6.07) is 14.6. The summed E-state index contributed by atoms with van der Waals surface area (Å²) < 4.78 is 9.50. The van der Waals surface area contributed by atoms with Crippen molar-refractivity contribution in [3.63, 3.8) is 0 Å². The minimum absolute atomic E-state index is 0.101. The van der Waals surface area contributed by atoms with Crippen LogP contribution in [-0.2, 0) is 19.1 Å². The summed E-state index contributed by atoms with van der Waals surface area (Å²) in [5, 5.41) is 5.38. The number of nitrogens with zero attached hydrogens (tertiary/aromatic N) is 4. The molecular formula is C42H52N8O6. The average molecular weight is 765 g/mol. The third-order valence-electron chi connectivity index (χ3n) is 10.6. The molecule has 4 aromatic rings. The summed E-state index contributed by atoms with van der Waals surface area (Å²) in [6.07, 6.45) is 9.75. The van der Waals surface area contributed by atoms with Gasteiger partial charge in [0.25, 0.3) is 0 Å². The van der Waals surface area contributed by atoms with Gasteiger partial charge in [0.1, 0.15) is 23.7 Å². The number of hydrogen-bond acceptors (Lipinski definition) is 8. The van der Waals surface area contributed by atoms with Crippen LogP contribution in [0, 0.1) is 11.8 Å². The van der Waals surface area contributed by atoms with Crippen molar-refractivity contribution in [1.29, 1.82) is 0 Å². The number of nitrogens with one attached hydrogen (secondary N) is 4. The highest BCUT2D eigenvalue weighted by Gasteiger charge is 2.39. The Morgan fingerprint density at radius 1 is 0.661 bits per heavy atom. The molecule has 0 spiro atoms. The van der Waals surface area contributed by atoms with Crippen molar-refractivity contribution in [3.8, 4) is 22.5 Å². The summed E-state index contributed by atoms with van der Waals surface area (Å²) in [4.78, 5) is 70.6. The minimum Gasteiger partial charge on any atom is -0.453 e. The molecule has 2 saturated heterocycles. The number of aromatic nitrogens is 4. The molecule has 4 amide bonds. The van der Waals surface area contributed by atoms with Crippen molar-refractivity contribution in [2.24, 2.45) is 11.8 Å². The zero-order valence-electron chi connectivity index (χ0n) is 32.9. The van der Waals surface area contributed by atoms with E-state index in [0.29, 0.717) is 13.1 Å². The molecule has 6 rings (SSSR count). The molecule has 0 saturated carbocycles. The number of carbonyl (C=O) groups is 4. The summed E-state index contributed by atoms with van der Waals surface area (Å²) in [5.74, 6) is 0.977. The molecule has 0 radical (unpaired) electrons. The molecular weight excluding hydrogens is 713 g/mol. The van der Waals surface area contributed by atoms with E-state index >= 15 is 0 Å². The van der Waals surface area contributed by atoms with Gasteiger partial charge in [0.15, 0.2) is 0 Å². The van der Waals surface area contributed by atoms with Gasteiger partial charge in [0.2, 0.25) is 11.8 Å². The first-order chi connectivity index (χ1) is 27.0. The van der Waals surface area contributed by atoms with E-state index in [-0.39, 0.29) is 35.7 Å². The quantitative estimate of drug-likeness (QED) is 0.115. The second-order valence-electron chi connectivity index (χ2n) is 15.0. The fourth-order valence-electron chi connectivity index (χ4n) is 7.43. The predicted molar refractivity (Wildman–Crippen MR) is 213 cm³/mol. The third-order valence-corrected chi connectivity index (χ3v) is 10.6. The van der Waals surface area contributed by atoms with E-state index in [2.05, 4.69) is 67.0 Å². The lowest BCUT2D eigenvalue weighted by atomic mass is 10.0. The van der Waals surface area contributed by atoms with Crippen LogP contribution in [0.3, 0.4) is 0 Å². The highest BCUT2D eigenvalue weighted by atomic mass is 16.5. The van der Waals surface area contributed by atoms with Crippen LogP contribution in [0.5, 0.6) is 0 Å². The molecule has 0 aliphatic carbocycles. The van der Waals surface area contributed by atoms with Crippen LogP contribution >= 0.6 is 0 Å². The lowest BCUT2D eigenvalue weighted by Crippen LogP contribution is -2.51. The van der Waals surface area contributed by atoms with Crippen molar-refractivity contribution in [2.45, 2.75) is 77.5 Å². The molecule has 4 heterocycles. The molecule has 2 aromatic heterocycles. The lowest BCUT2D eigenvalue weighted by molar-refractivity contribution is -0.136. The highest BCUT2D eigenvalue weighted by Crippen LogP contribution is 2.34. The predicted octanol–water partition coefficient (Wildman–Crippen LogP) is 6.73. The maximum atomic E-state index is 13.5. The van der Waals surface area contributed by atoms with Crippen molar-refractivity contribution < 1.29 is 28.7 Å². The Hall–Kier alpha value is -5.92. The van der Waals surface area contributed by atoms with Gasteiger partial charge < -0.3 is 39.9 Å². The summed E-state index contributed by atoms with van der Waals surface area (Å²) >= 11 is 0.